The van der Waals surface area contributed by atoms with Gasteiger partial charge in [-0.05, 0) is 18.9 Å². The van der Waals surface area contributed by atoms with E-state index in [1.165, 1.54) is 32.4 Å². The van der Waals surface area contributed by atoms with Gasteiger partial charge in [-0.25, -0.2) is 0 Å². The van der Waals surface area contributed by atoms with Crippen molar-refractivity contribution in [1.29, 1.82) is 0 Å². The molecule has 0 amide bonds. The van der Waals surface area contributed by atoms with E-state index in [1.54, 1.807) is 0 Å². The lowest BCUT2D eigenvalue weighted by atomic mass is 10.1. The molecule has 0 saturated carbocycles. The molecule has 0 N–H and O–H groups in total. The van der Waals surface area contributed by atoms with E-state index in [0.29, 0.717) is 0 Å². The quantitative estimate of drug-likeness (QED) is 0.550. The van der Waals surface area contributed by atoms with Crippen LogP contribution in [0.4, 0.5) is 0 Å². The van der Waals surface area contributed by atoms with E-state index in [0.717, 1.165) is 18.3 Å². The average Bonchev–Trinajstić information content (AvgIpc) is 2.14. The minimum absolute atomic E-state index is 0.764. The zero-order chi connectivity index (χ0) is 10.1. The standard InChI is InChI=1S/C11H24ClN/c1-4-6-8-13(9-7-12)10-11(3)5-2/h11H,4-10H2,1-3H3. The Labute approximate surface area is 88.5 Å². The van der Waals surface area contributed by atoms with Crippen LogP contribution in [0.2, 0.25) is 0 Å². The molecule has 1 unspecified atom stereocenters. The summed E-state index contributed by atoms with van der Waals surface area (Å²) in [6.45, 7) is 10.3. The van der Waals surface area contributed by atoms with E-state index in [4.69, 9.17) is 11.6 Å². The number of alkyl halides is 1. The highest BCUT2D eigenvalue weighted by molar-refractivity contribution is 6.18. The van der Waals surface area contributed by atoms with Crippen molar-refractivity contribution in [2.24, 2.45) is 5.92 Å². The summed E-state index contributed by atoms with van der Waals surface area (Å²) in [7, 11) is 0. The fraction of sp³-hybridized carbons (Fsp3) is 1.00. The number of unbranched alkanes of at least 4 members (excludes halogenated alkanes) is 1. The Hall–Kier alpha value is 0.250. The number of hydrogen-bond acceptors (Lipinski definition) is 1. The molecule has 0 aromatic carbocycles. The second-order valence-electron chi connectivity index (χ2n) is 3.86. The molecule has 1 nitrogen and oxygen atoms in total. The van der Waals surface area contributed by atoms with Crippen LogP contribution in [0, 0.1) is 5.92 Å². The maximum absolute atomic E-state index is 5.76. The molecule has 0 spiro atoms. The molecule has 0 aliphatic rings. The number of hydrogen-bond donors (Lipinski definition) is 0. The van der Waals surface area contributed by atoms with Gasteiger partial charge in [0, 0.05) is 19.0 Å². The molecule has 13 heavy (non-hydrogen) atoms. The molecule has 0 fully saturated rings. The smallest absolute Gasteiger partial charge is 0.0351 e. The average molecular weight is 206 g/mol. The summed E-state index contributed by atoms with van der Waals surface area (Å²) >= 11 is 5.76. The fourth-order valence-electron chi connectivity index (χ4n) is 1.37. The van der Waals surface area contributed by atoms with E-state index >= 15 is 0 Å². The van der Waals surface area contributed by atoms with Gasteiger partial charge in [0.25, 0.3) is 0 Å². The zero-order valence-electron chi connectivity index (χ0n) is 9.35. The summed E-state index contributed by atoms with van der Waals surface area (Å²) in [4.78, 5) is 2.49. The summed E-state index contributed by atoms with van der Waals surface area (Å²) in [5.41, 5.74) is 0. The number of rotatable bonds is 8. The Balaban J connectivity index is 3.65. The minimum atomic E-state index is 0.764. The van der Waals surface area contributed by atoms with Gasteiger partial charge in [0.05, 0.1) is 0 Å². The summed E-state index contributed by atoms with van der Waals surface area (Å²) in [5, 5.41) is 0. The molecule has 0 bridgehead atoms. The second kappa shape index (κ2) is 8.83. The van der Waals surface area contributed by atoms with Crippen molar-refractivity contribution in [1.82, 2.24) is 4.90 Å². The van der Waals surface area contributed by atoms with Crippen LogP contribution in [0.15, 0.2) is 0 Å². The van der Waals surface area contributed by atoms with Crippen LogP contribution in [0.1, 0.15) is 40.0 Å². The lowest BCUT2D eigenvalue weighted by molar-refractivity contribution is 0.244. The van der Waals surface area contributed by atoms with E-state index in [2.05, 4.69) is 25.7 Å². The number of nitrogens with zero attached hydrogens (tertiary/aromatic N) is 1. The van der Waals surface area contributed by atoms with Crippen LogP contribution in [0.25, 0.3) is 0 Å². The van der Waals surface area contributed by atoms with Gasteiger partial charge in [-0.3, -0.25) is 0 Å². The molecule has 0 aromatic heterocycles. The molecule has 2 heteroatoms. The van der Waals surface area contributed by atoms with E-state index < -0.39 is 0 Å². The summed E-state index contributed by atoms with van der Waals surface area (Å²) in [5.74, 6) is 1.57. The number of halogens is 1. The minimum Gasteiger partial charge on any atom is -0.302 e. The molecule has 0 aromatic rings. The van der Waals surface area contributed by atoms with E-state index in [1.807, 2.05) is 0 Å². The Morgan fingerprint density at radius 1 is 1.23 bits per heavy atom. The van der Waals surface area contributed by atoms with Crippen LogP contribution in [0.3, 0.4) is 0 Å². The van der Waals surface area contributed by atoms with Crippen LogP contribution < -0.4 is 0 Å². The van der Waals surface area contributed by atoms with Crippen molar-refractivity contribution in [2.75, 3.05) is 25.5 Å². The predicted molar refractivity (Wildman–Crippen MR) is 61.5 cm³/mol. The van der Waals surface area contributed by atoms with E-state index in [9.17, 15) is 0 Å². The third-order valence-corrected chi connectivity index (χ3v) is 2.66. The van der Waals surface area contributed by atoms with Gasteiger partial charge < -0.3 is 4.90 Å². The first-order valence-electron chi connectivity index (χ1n) is 5.52. The van der Waals surface area contributed by atoms with Crippen LogP contribution in [0.5, 0.6) is 0 Å². The lowest BCUT2D eigenvalue weighted by Crippen LogP contribution is -2.31. The van der Waals surface area contributed by atoms with Crippen LogP contribution in [-0.2, 0) is 0 Å². The van der Waals surface area contributed by atoms with Gasteiger partial charge in [0.2, 0.25) is 0 Å². The Morgan fingerprint density at radius 2 is 1.92 bits per heavy atom. The Kier molecular flexibility index (Phi) is 9.00. The normalized spacial score (nSPS) is 13.6. The molecular formula is C11H24ClN. The summed E-state index contributed by atoms with van der Waals surface area (Å²) < 4.78 is 0. The first kappa shape index (κ1) is 13.2. The zero-order valence-corrected chi connectivity index (χ0v) is 10.1. The first-order valence-corrected chi connectivity index (χ1v) is 6.06. The largest absolute Gasteiger partial charge is 0.302 e. The maximum atomic E-state index is 5.76. The molecule has 80 valence electrons. The van der Waals surface area contributed by atoms with Gasteiger partial charge in [0.15, 0.2) is 0 Å². The first-order chi connectivity index (χ1) is 6.24. The van der Waals surface area contributed by atoms with Crippen molar-refractivity contribution < 1.29 is 0 Å². The van der Waals surface area contributed by atoms with Crippen molar-refractivity contribution in [2.45, 2.75) is 40.0 Å². The molecule has 0 aliphatic heterocycles. The van der Waals surface area contributed by atoms with Gasteiger partial charge >= 0.3 is 0 Å². The van der Waals surface area contributed by atoms with Crippen LogP contribution in [-0.4, -0.2) is 30.4 Å². The maximum Gasteiger partial charge on any atom is 0.0351 e. The van der Waals surface area contributed by atoms with Gasteiger partial charge in [0.1, 0.15) is 0 Å². The lowest BCUT2D eigenvalue weighted by Gasteiger charge is -2.24. The molecule has 0 rings (SSSR count). The molecular weight excluding hydrogens is 182 g/mol. The Bertz CT molecular complexity index is 106. The molecule has 0 radical (unpaired) electrons. The highest BCUT2D eigenvalue weighted by atomic mass is 35.5. The molecule has 0 heterocycles. The van der Waals surface area contributed by atoms with Crippen molar-refractivity contribution in [3.63, 3.8) is 0 Å². The van der Waals surface area contributed by atoms with Gasteiger partial charge in [-0.1, -0.05) is 33.6 Å². The summed E-state index contributed by atoms with van der Waals surface area (Å²) in [6.07, 6.45) is 3.84. The topological polar surface area (TPSA) is 3.24 Å². The van der Waals surface area contributed by atoms with Crippen LogP contribution >= 0.6 is 11.6 Å². The molecule has 1 atom stereocenters. The third-order valence-electron chi connectivity index (χ3n) is 2.50. The summed E-state index contributed by atoms with van der Waals surface area (Å²) in [6, 6.07) is 0. The highest BCUT2D eigenvalue weighted by Gasteiger charge is 2.07. The van der Waals surface area contributed by atoms with Crippen molar-refractivity contribution in [3.05, 3.63) is 0 Å². The third kappa shape index (κ3) is 7.33. The second-order valence-corrected chi connectivity index (χ2v) is 4.23. The fourth-order valence-corrected chi connectivity index (χ4v) is 1.60. The van der Waals surface area contributed by atoms with Crippen molar-refractivity contribution in [3.8, 4) is 0 Å². The predicted octanol–water partition coefficient (Wildman–Crippen LogP) is 3.37. The van der Waals surface area contributed by atoms with Gasteiger partial charge in [-0.2, -0.15) is 0 Å². The Morgan fingerprint density at radius 3 is 2.38 bits per heavy atom. The highest BCUT2D eigenvalue weighted by Crippen LogP contribution is 2.05. The van der Waals surface area contributed by atoms with Crippen molar-refractivity contribution >= 4 is 11.6 Å². The molecule has 0 saturated heterocycles. The SMILES string of the molecule is CCCCN(CCCl)CC(C)CC. The van der Waals surface area contributed by atoms with Gasteiger partial charge in [-0.15, -0.1) is 11.6 Å². The monoisotopic (exact) mass is 205 g/mol. The molecule has 0 aliphatic carbocycles. The van der Waals surface area contributed by atoms with E-state index in [-0.39, 0.29) is 0 Å².